The van der Waals surface area contributed by atoms with E-state index < -0.39 is 11.7 Å². The largest absolute Gasteiger partial charge is 0.416 e. The van der Waals surface area contributed by atoms with E-state index in [0.717, 1.165) is 44.4 Å². The summed E-state index contributed by atoms with van der Waals surface area (Å²) in [6.45, 7) is 5.94. The molecule has 0 aromatic heterocycles. The Balaban J connectivity index is 2.56. The number of aryl methyl sites for hydroxylation is 2. The van der Waals surface area contributed by atoms with E-state index in [9.17, 15) is 13.2 Å². The van der Waals surface area contributed by atoms with Gasteiger partial charge in [0.15, 0.2) is 0 Å². The van der Waals surface area contributed by atoms with E-state index in [1.54, 1.807) is 0 Å². The van der Waals surface area contributed by atoms with Gasteiger partial charge >= 0.3 is 6.18 Å². The molecule has 0 amide bonds. The zero-order valence-electron chi connectivity index (χ0n) is 11.4. The van der Waals surface area contributed by atoms with E-state index in [1.165, 1.54) is 12.1 Å². The van der Waals surface area contributed by atoms with Crippen molar-refractivity contribution in [2.75, 3.05) is 0 Å². The maximum absolute atomic E-state index is 12.6. The number of alkyl halides is 3. The van der Waals surface area contributed by atoms with Gasteiger partial charge in [-0.3, -0.25) is 0 Å². The molecule has 2 aromatic rings. The van der Waals surface area contributed by atoms with Crippen LogP contribution in [-0.2, 0) is 6.18 Å². The van der Waals surface area contributed by atoms with Gasteiger partial charge in [-0.15, -0.1) is 0 Å². The quantitative estimate of drug-likeness (QED) is 0.590. The molecular formula is C16H14BrF3. The normalized spacial score (nSPS) is 11.8. The summed E-state index contributed by atoms with van der Waals surface area (Å²) in [4.78, 5) is 0. The van der Waals surface area contributed by atoms with Crippen LogP contribution in [0.25, 0.3) is 11.1 Å². The van der Waals surface area contributed by atoms with Gasteiger partial charge in [0, 0.05) is 4.47 Å². The van der Waals surface area contributed by atoms with Crippen LogP contribution in [-0.4, -0.2) is 0 Å². The van der Waals surface area contributed by atoms with Gasteiger partial charge in [-0.05, 0) is 60.7 Å². The highest BCUT2D eigenvalue weighted by Gasteiger charge is 2.30. The van der Waals surface area contributed by atoms with Crippen molar-refractivity contribution >= 4 is 15.9 Å². The van der Waals surface area contributed by atoms with Crippen LogP contribution in [0.3, 0.4) is 0 Å². The molecule has 20 heavy (non-hydrogen) atoms. The van der Waals surface area contributed by atoms with E-state index in [2.05, 4.69) is 15.9 Å². The Morgan fingerprint density at radius 2 is 1.45 bits per heavy atom. The second-order valence-electron chi connectivity index (χ2n) is 4.90. The van der Waals surface area contributed by atoms with Crippen molar-refractivity contribution in [3.8, 4) is 11.1 Å². The summed E-state index contributed by atoms with van der Waals surface area (Å²) in [7, 11) is 0. The summed E-state index contributed by atoms with van der Waals surface area (Å²) >= 11 is 3.53. The van der Waals surface area contributed by atoms with Crippen molar-refractivity contribution in [1.29, 1.82) is 0 Å². The summed E-state index contributed by atoms with van der Waals surface area (Å²) in [5.74, 6) is 0. The molecule has 0 saturated carbocycles. The Morgan fingerprint density at radius 3 is 1.95 bits per heavy atom. The lowest BCUT2D eigenvalue weighted by atomic mass is 9.93. The van der Waals surface area contributed by atoms with Crippen molar-refractivity contribution < 1.29 is 13.2 Å². The van der Waals surface area contributed by atoms with E-state index in [4.69, 9.17) is 0 Å². The molecule has 0 aliphatic carbocycles. The van der Waals surface area contributed by atoms with Crippen molar-refractivity contribution in [3.63, 3.8) is 0 Å². The van der Waals surface area contributed by atoms with Gasteiger partial charge in [-0.1, -0.05) is 34.1 Å². The van der Waals surface area contributed by atoms with Crippen LogP contribution in [0.15, 0.2) is 34.8 Å². The number of hydrogen-bond donors (Lipinski definition) is 0. The topological polar surface area (TPSA) is 0 Å². The summed E-state index contributed by atoms with van der Waals surface area (Å²) in [6.07, 6.45) is -4.30. The van der Waals surface area contributed by atoms with Gasteiger partial charge in [0.1, 0.15) is 0 Å². The molecule has 2 rings (SSSR count). The number of rotatable bonds is 1. The molecule has 4 heteroatoms. The molecule has 0 heterocycles. The third-order valence-corrected chi connectivity index (χ3v) is 4.60. The first-order valence-electron chi connectivity index (χ1n) is 6.15. The van der Waals surface area contributed by atoms with Gasteiger partial charge < -0.3 is 0 Å². The predicted octanol–water partition coefficient (Wildman–Crippen LogP) is 6.06. The van der Waals surface area contributed by atoms with Crippen molar-refractivity contribution in [2.24, 2.45) is 0 Å². The maximum atomic E-state index is 12.6. The van der Waals surface area contributed by atoms with E-state index in [-0.39, 0.29) is 0 Å². The minimum absolute atomic E-state index is 0.622. The average molecular weight is 343 g/mol. The highest BCUT2D eigenvalue weighted by molar-refractivity contribution is 9.10. The molecule has 0 nitrogen and oxygen atoms in total. The fourth-order valence-electron chi connectivity index (χ4n) is 2.43. The highest BCUT2D eigenvalue weighted by Crippen LogP contribution is 2.36. The molecule has 0 aliphatic rings. The fraction of sp³-hybridized carbons (Fsp3) is 0.250. The molecule has 0 spiro atoms. The van der Waals surface area contributed by atoms with Crippen LogP contribution in [0.1, 0.15) is 22.3 Å². The van der Waals surface area contributed by atoms with Crippen molar-refractivity contribution in [3.05, 3.63) is 57.1 Å². The minimum Gasteiger partial charge on any atom is -0.166 e. The Morgan fingerprint density at radius 1 is 0.900 bits per heavy atom. The second-order valence-corrected chi connectivity index (χ2v) is 5.69. The summed E-state index contributed by atoms with van der Waals surface area (Å²) in [6, 6.07) is 7.34. The molecule has 0 fully saturated rings. The number of halogens is 4. The molecular weight excluding hydrogens is 329 g/mol. The van der Waals surface area contributed by atoms with Crippen LogP contribution < -0.4 is 0 Å². The Kier molecular flexibility index (Phi) is 3.96. The molecule has 0 N–H and O–H groups in total. The Labute approximate surface area is 124 Å². The Hall–Kier alpha value is -1.29. The maximum Gasteiger partial charge on any atom is 0.416 e. The van der Waals surface area contributed by atoms with Crippen LogP contribution in [0.4, 0.5) is 13.2 Å². The van der Waals surface area contributed by atoms with Crippen LogP contribution >= 0.6 is 15.9 Å². The SMILES string of the molecule is Cc1cc(C)c(-c2ccc(C(F)(F)F)cc2)c(C)c1Br. The lowest BCUT2D eigenvalue weighted by Crippen LogP contribution is -2.04. The third kappa shape index (κ3) is 2.75. The average Bonchev–Trinajstić information content (AvgIpc) is 2.36. The fourth-order valence-corrected chi connectivity index (χ4v) is 2.74. The molecule has 0 saturated heterocycles. The van der Waals surface area contributed by atoms with Gasteiger partial charge in [-0.25, -0.2) is 0 Å². The zero-order chi connectivity index (χ0) is 15.1. The van der Waals surface area contributed by atoms with Crippen molar-refractivity contribution in [2.45, 2.75) is 26.9 Å². The summed E-state index contributed by atoms with van der Waals surface area (Å²) in [5.41, 5.74) is 4.38. The highest BCUT2D eigenvalue weighted by atomic mass is 79.9. The summed E-state index contributed by atoms with van der Waals surface area (Å²) < 4.78 is 38.8. The molecule has 0 radical (unpaired) electrons. The third-order valence-electron chi connectivity index (χ3n) is 3.38. The van der Waals surface area contributed by atoms with E-state index >= 15 is 0 Å². The lowest BCUT2D eigenvalue weighted by Gasteiger charge is -2.15. The van der Waals surface area contributed by atoms with E-state index in [0.29, 0.717) is 0 Å². The number of benzene rings is 2. The standard InChI is InChI=1S/C16H14BrF3/c1-9-8-10(2)15(17)11(3)14(9)12-4-6-13(7-5-12)16(18,19)20/h4-8H,1-3H3. The minimum atomic E-state index is -4.30. The summed E-state index contributed by atoms with van der Waals surface area (Å²) in [5, 5.41) is 0. The zero-order valence-corrected chi connectivity index (χ0v) is 13.0. The molecule has 0 atom stereocenters. The van der Waals surface area contributed by atoms with Gasteiger partial charge in [-0.2, -0.15) is 13.2 Å². The van der Waals surface area contributed by atoms with Crippen LogP contribution in [0.5, 0.6) is 0 Å². The van der Waals surface area contributed by atoms with Gasteiger partial charge in [0.2, 0.25) is 0 Å². The van der Waals surface area contributed by atoms with Crippen molar-refractivity contribution in [1.82, 2.24) is 0 Å². The predicted molar refractivity (Wildman–Crippen MR) is 78.8 cm³/mol. The molecule has 0 unspecified atom stereocenters. The molecule has 0 bridgehead atoms. The monoisotopic (exact) mass is 342 g/mol. The van der Waals surface area contributed by atoms with Crippen LogP contribution in [0.2, 0.25) is 0 Å². The molecule has 0 aliphatic heterocycles. The second kappa shape index (κ2) is 5.24. The first-order valence-corrected chi connectivity index (χ1v) is 6.95. The van der Waals surface area contributed by atoms with Gasteiger partial charge in [0.25, 0.3) is 0 Å². The number of hydrogen-bond acceptors (Lipinski definition) is 0. The smallest absolute Gasteiger partial charge is 0.166 e. The van der Waals surface area contributed by atoms with Gasteiger partial charge in [0.05, 0.1) is 5.56 Å². The first-order chi connectivity index (χ1) is 9.21. The molecule has 106 valence electrons. The van der Waals surface area contributed by atoms with Crippen LogP contribution in [0, 0.1) is 20.8 Å². The van der Waals surface area contributed by atoms with E-state index in [1.807, 2.05) is 26.8 Å². The Bertz CT molecular complexity index is 640. The first kappa shape index (κ1) is 15.1. The lowest BCUT2D eigenvalue weighted by molar-refractivity contribution is -0.137. The molecule has 2 aromatic carbocycles.